The highest BCUT2D eigenvalue weighted by Crippen LogP contribution is 2.38. The topological polar surface area (TPSA) is 170 Å². The van der Waals surface area contributed by atoms with Crippen LogP contribution in [-0.4, -0.2) is 28.1 Å². The van der Waals surface area contributed by atoms with Gasteiger partial charge in [0, 0.05) is 29.4 Å². The Morgan fingerprint density at radius 1 is 0.633 bits per heavy atom. The highest BCUT2D eigenvalue weighted by molar-refractivity contribution is 6.08. The number of carboxylic acid groups (broad SMARTS) is 2. The van der Waals surface area contributed by atoms with Crippen molar-refractivity contribution in [1.82, 2.24) is 0 Å². The fourth-order valence-electron chi connectivity index (χ4n) is 2.86. The molecule has 154 valence electrons. The van der Waals surface area contributed by atoms with Crippen molar-refractivity contribution < 1.29 is 24.6 Å². The molecule has 0 aliphatic heterocycles. The summed E-state index contributed by atoms with van der Waals surface area (Å²) in [5.41, 5.74) is 18.7. The van der Waals surface area contributed by atoms with E-state index in [1.165, 1.54) is 19.1 Å². The molecule has 0 fully saturated rings. The summed E-state index contributed by atoms with van der Waals surface area (Å²) in [4.78, 5) is 32.8. The van der Waals surface area contributed by atoms with Crippen molar-refractivity contribution >= 4 is 29.2 Å². The van der Waals surface area contributed by atoms with Crippen LogP contribution in [-0.2, 0) is 4.79 Å². The third kappa shape index (κ3) is 5.14. The lowest BCUT2D eigenvalue weighted by molar-refractivity contribution is -0.115. The highest BCUT2D eigenvalue weighted by atomic mass is 16.4. The highest BCUT2D eigenvalue weighted by Gasteiger charge is 2.23. The molecule has 0 unspecified atom stereocenters. The van der Waals surface area contributed by atoms with E-state index >= 15 is 0 Å². The van der Waals surface area contributed by atoms with E-state index in [-0.39, 0.29) is 17.0 Å². The predicted molar refractivity (Wildman–Crippen MR) is 115 cm³/mol. The van der Waals surface area contributed by atoms with Crippen molar-refractivity contribution in [3.63, 3.8) is 0 Å². The fraction of sp³-hybridized carbons (Fsp3) is 0.0455. The second kappa shape index (κ2) is 9.24. The van der Waals surface area contributed by atoms with Gasteiger partial charge < -0.3 is 27.4 Å². The number of nitrogen functional groups attached to an aromatic ring is 2. The van der Waals surface area contributed by atoms with Crippen LogP contribution in [0, 0.1) is 0 Å². The normalized spacial score (nSPS) is 9.90. The number of carboxylic acids is 2. The maximum atomic E-state index is 11.8. The standard InChI is InChI=1S/C20H16N2O4.C2H5NO/c21-13-5-1-11(2-6-13)17-15(19(23)24)9-10-16(20(25)26)18(17)12-3-7-14(22)8-4-12;1-2(3)4/h1-10H,21-22H2,(H,23,24)(H,25,26);1H3,(H2,3,4). The van der Waals surface area contributed by atoms with Crippen molar-refractivity contribution in [2.75, 3.05) is 11.5 Å². The Balaban J connectivity index is 0.000000735. The van der Waals surface area contributed by atoms with Gasteiger partial charge in [-0.1, -0.05) is 24.3 Å². The number of primary amides is 1. The summed E-state index contributed by atoms with van der Waals surface area (Å²) < 4.78 is 0. The van der Waals surface area contributed by atoms with Crippen LogP contribution in [0.5, 0.6) is 0 Å². The summed E-state index contributed by atoms with van der Waals surface area (Å²) in [6.45, 7) is 1.31. The lowest BCUT2D eigenvalue weighted by atomic mass is 9.86. The Labute approximate surface area is 172 Å². The molecular weight excluding hydrogens is 386 g/mol. The van der Waals surface area contributed by atoms with E-state index in [0.29, 0.717) is 33.6 Å². The molecule has 0 spiro atoms. The summed E-state index contributed by atoms with van der Waals surface area (Å²) in [5, 5.41) is 19.3. The van der Waals surface area contributed by atoms with E-state index in [4.69, 9.17) is 11.5 Å². The molecule has 0 aliphatic rings. The van der Waals surface area contributed by atoms with Crippen LogP contribution in [0.25, 0.3) is 22.3 Å². The molecule has 0 heterocycles. The van der Waals surface area contributed by atoms with E-state index in [2.05, 4.69) is 5.73 Å². The summed E-state index contributed by atoms with van der Waals surface area (Å²) in [5.74, 6) is -2.63. The van der Waals surface area contributed by atoms with Gasteiger partial charge in [-0.3, -0.25) is 4.79 Å². The summed E-state index contributed by atoms with van der Waals surface area (Å²) in [6, 6.07) is 15.8. The maximum Gasteiger partial charge on any atom is 0.336 e. The number of rotatable bonds is 4. The first-order chi connectivity index (χ1) is 14.1. The zero-order valence-electron chi connectivity index (χ0n) is 16.1. The minimum absolute atomic E-state index is 0.00611. The van der Waals surface area contributed by atoms with Gasteiger partial charge in [-0.25, -0.2) is 9.59 Å². The number of hydrogen-bond donors (Lipinski definition) is 5. The van der Waals surface area contributed by atoms with E-state index in [1.807, 2.05) is 0 Å². The van der Waals surface area contributed by atoms with E-state index in [9.17, 15) is 24.6 Å². The van der Waals surface area contributed by atoms with Crippen LogP contribution in [0.15, 0.2) is 60.7 Å². The molecule has 3 aromatic rings. The van der Waals surface area contributed by atoms with E-state index < -0.39 is 11.9 Å². The van der Waals surface area contributed by atoms with Crippen LogP contribution in [0.1, 0.15) is 27.6 Å². The molecule has 8 nitrogen and oxygen atoms in total. The molecule has 0 saturated carbocycles. The molecular formula is C22H21N3O5. The third-order valence-electron chi connectivity index (χ3n) is 4.06. The smallest absolute Gasteiger partial charge is 0.336 e. The Bertz CT molecular complexity index is 1000. The monoisotopic (exact) mass is 407 g/mol. The molecule has 30 heavy (non-hydrogen) atoms. The molecule has 8 heteroatoms. The molecule has 0 radical (unpaired) electrons. The quantitative estimate of drug-likeness (QED) is 0.414. The van der Waals surface area contributed by atoms with Crippen LogP contribution < -0.4 is 17.2 Å². The zero-order valence-corrected chi connectivity index (χ0v) is 16.1. The maximum absolute atomic E-state index is 11.8. The van der Waals surface area contributed by atoms with Gasteiger partial charge >= 0.3 is 11.9 Å². The number of amides is 1. The fourth-order valence-corrected chi connectivity index (χ4v) is 2.86. The van der Waals surface area contributed by atoms with Gasteiger partial charge in [-0.05, 0) is 47.5 Å². The summed E-state index contributed by atoms with van der Waals surface area (Å²) >= 11 is 0. The number of nitrogens with two attached hydrogens (primary N) is 3. The Morgan fingerprint density at radius 3 is 1.13 bits per heavy atom. The van der Waals surface area contributed by atoms with Crippen molar-refractivity contribution in [1.29, 1.82) is 0 Å². The first-order valence-electron chi connectivity index (χ1n) is 8.73. The Morgan fingerprint density at radius 2 is 0.900 bits per heavy atom. The lowest BCUT2D eigenvalue weighted by Gasteiger charge is -2.16. The average Bonchev–Trinajstić information content (AvgIpc) is 2.67. The third-order valence-corrected chi connectivity index (χ3v) is 4.06. The van der Waals surface area contributed by atoms with Crippen LogP contribution in [0.3, 0.4) is 0 Å². The van der Waals surface area contributed by atoms with Crippen molar-refractivity contribution in [2.45, 2.75) is 6.92 Å². The van der Waals surface area contributed by atoms with Crippen LogP contribution in [0.4, 0.5) is 11.4 Å². The molecule has 0 atom stereocenters. The number of carbonyl (C=O) groups excluding carboxylic acids is 1. The van der Waals surface area contributed by atoms with Gasteiger partial charge in [0.2, 0.25) is 5.91 Å². The molecule has 3 aromatic carbocycles. The van der Waals surface area contributed by atoms with Crippen LogP contribution >= 0.6 is 0 Å². The van der Waals surface area contributed by atoms with Gasteiger partial charge in [-0.15, -0.1) is 0 Å². The first kappa shape index (κ1) is 22.0. The molecule has 0 bridgehead atoms. The van der Waals surface area contributed by atoms with Gasteiger partial charge in [0.1, 0.15) is 0 Å². The minimum Gasteiger partial charge on any atom is -0.478 e. The first-order valence-corrected chi connectivity index (χ1v) is 8.73. The van der Waals surface area contributed by atoms with E-state index in [0.717, 1.165) is 0 Å². The Kier molecular flexibility index (Phi) is 6.77. The largest absolute Gasteiger partial charge is 0.478 e. The second-order valence-corrected chi connectivity index (χ2v) is 6.38. The molecule has 0 saturated heterocycles. The Hall–Kier alpha value is -4.33. The number of benzene rings is 3. The van der Waals surface area contributed by atoms with Gasteiger partial charge in [0.25, 0.3) is 0 Å². The van der Waals surface area contributed by atoms with Crippen molar-refractivity contribution in [3.8, 4) is 22.3 Å². The molecule has 1 amide bonds. The van der Waals surface area contributed by atoms with Gasteiger partial charge in [0.05, 0.1) is 11.1 Å². The number of anilines is 2. The van der Waals surface area contributed by atoms with Gasteiger partial charge in [-0.2, -0.15) is 0 Å². The SMILES string of the molecule is CC(N)=O.Nc1ccc(-c2c(C(=O)O)ccc(C(=O)O)c2-c2ccc(N)cc2)cc1. The minimum atomic E-state index is -1.15. The van der Waals surface area contributed by atoms with E-state index in [1.54, 1.807) is 48.5 Å². The molecule has 0 aromatic heterocycles. The van der Waals surface area contributed by atoms with Gasteiger partial charge in [0.15, 0.2) is 0 Å². The zero-order chi connectivity index (χ0) is 22.4. The number of hydrogen-bond acceptors (Lipinski definition) is 5. The average molecular weight is 407 g/mol. The number of carbonyl (C=O) groups is 3. The van der Waals surface area contributed by atoms with Crippen molar-refractivity contribution in [3.05, 3.63) is 71.8 Å². The second-order valence-electron chi connectivity index (χ2n) is 6.38. The molecule has 0 aliphatic carbocycles. The lowest BCUT2D eigenvalue weighted by Crippen LogP contribution is -2.07. The molecule has 8 N–H and O–H groups in total. The number of aromatic carboxylic acids is 2. The predicted octanol–water partition coefficient (Wildman–Crippen LogP) is 3.07. The molecule has 3 rings (SSSR count). The summed E-state index contributed by atoms with van der Waals surface area (Å²) in [7, 11) is 0. The summed E-state index contributed by atoms with van der Waals surface area (Å²) in [6.07, 6.45) is 0. The van der Waals surface area contributed by atoms with Crippen LogP contribution in [0.2, 0.25) is 0 Å². The van der Waals surface area contributed by atoms with Crippen molar-refractivity contribution in [2.24, 2.45) is 5.73 Å².